The summed E-state index contributed by atoms with van der Waals surface area (Å²) in [6.45, 7) is 4.60. The van der Waals surface area contributed by atoms with E-state index in [4.69, 9.17) is 4.74 Å². The SMILES string of the molecule is CCCCOCCCNS(=O)(=O)c1ccc(S(=O)(=O)N2CCCC2)cc1. The second-order valence-electron chi connectivity index (χ2n) is 6.30. The van der Waals surface area contributed by atoms with Gasteiger partial charge in [0.05, 0.1) is 9.79 Å². The van der Waals surface area contributed by atoms with Gasteiger partial charge >= 0.3 is 0 Å². The molecule has 26 heavy (non-hydrogen) atoms. The first kappa shape index (κ1) is 21.3. The summed E-state index contributed by atoms with van der Waals surface area (Å²) < 4.78 is 58.8. The molecule has 0 aromatic heterocycles. The minimum atomic E-state index is -3.65. The minimum absolute atomic E-state index is 0.0600. The van der Waals surface area contributed by atoms with Gasteiger partial charge in [-0.05, 0) is 49.9 Å². The third-order valence-electron chi connectivity index (χ3n) is 4.24. The molecule has 1 aliphatic heterocycles. The van der Waals surface area contributed by atoms with Crippen molar-refractivity contribution < 1.29 is 21.6 Å². The highest BCUT2D eigenvalue weighted by atomic mass is 32.2. The maximum Gasteiger partial charge on any atom is 0.243 e. The number of hydrogen-bond donors (Lipinski definition) is 1. The number of rotatable bonds is 11. The van der Waals surface area contributed by atoms with E-state index in [1.54, 1.807) is 0 Å². The van der Waals surface area contributed by atoms with E-state index in [-0.39, 0.29) is 16.3 Å². The highest BCUT2D eigenvalue weighted by Gasteiger charge is 2.27. The molecule has 0 aliphatic carbocycles. The smallest absolute Gasteiger partial charge is 0.243 e. The lowest BCUT2D eigenvalue weighted by atomic mass is 10.4. The molecular weight excluding hydrogens is 376 g/mol. The third-order valence-corrected chi connectivity index (χ3v) is 7.63. The van der Waals surface area contributed by atoms with Gasteiger partial charge in [0.15, 0.2) is 0 Å². The summed E-state index contributed by atoms with van der Waals surface area (Å²) >= 11 is 0. The van der Waals surface area contributed by atoms with Crippen LogP contribution in [0, 0.1) is 0 Å². The standard InChI is InChI=1S/C17H28N2O5S2/c1-2-3-14-24-15-6-11-18-25(20,21)16-7-9-17(10-8-16)26(22,23)19-12-4-5-13-19/h7-10,18H,2-6,11-15H2,1H3. The van der Waals surface area contributed by atoms with Crippen molar-refractivity contribution in [2.45, 2.75) is 48.8 Å². The Morgan fingerprint density at radius 2 is 1.54 bits per heavy atom. The first-order chi connectivity index (χ1) is 12.4. The molecule has 1 heterocycles. The van der Waals surface area contributed by atoms with Crippen molar-refractivity contribution in [3.8, 4) is 0 Å². The van der Waals surface area contributed by atoms with Crippen LogP contribution >= 0.6 is 0 Å². The fraction of sp³-hybridized carbons (Fsp3) is 0.647. The Balaban J connectivity index is 1.90. The summed E-state index contributed by atoms with van der Waals surface area (Å²) in [5, 5.41) is 0. The van der Waals surface area contributed by atoms with Crippen molar-refractivity contribution >= 4 is 20.0 Å². The van der Waals surface area contributed by atoms with E-state index in [0.29, 0.717) is 32.7 Å². The maximum absolute atomic E-state index is 12.5. The molecule has 1 N–H and O–H groups in total. The molecule has 0 spiro atoms. The van der Waals surface area contributed by atoms with Crippen LogP contribution < -0.4 is 4.72 Å². The van der Waals surface area contributed by atoms with Gasteiger partial charge < -0.3 is 4.74 Å². The van der Waals surface area contributed by atoms with Crippen molar-refractivity contribution in [1.82, 2.24) is 9.03 Å². The van der Waals surface area contributed by atoms with Gasteiger partial charge in [0.25, 0.3) is 0 Å². The van der Waals surface area contributed by atoms with Crippen LogP contribution in [0.5, 0.6) is 0 Å². The summed E-state index contributed by atoms with van der Waals surface area (Å²) in [6.07, 6.45) is 4.37. The predicted octanol–water partition coefficient (Wildman–Crippen LogP) is 1.96. The van der Waals surface area contributed by atoms with Gasteiger partial charge in [-0.25, -0.2) is 21.6 Å². The number of sulfonamides is 2. The second kappa shape index (κ2) is 9.80. The van der Waals surface area contributed by atoms with Crippen LogP contribution in [0.1, 0.15) is 39.0 Å². The van der Waals surface area contributed by atoms with Crippen molar-refractivity contribution in [3.63, 3.8) is 0 Å². The molecule has 1 fully saturated rings. The lowest BCUT2D eigenvalue weighted by Crippen LogP contribution is -2.28. The Morgan fingerprint density at radius 1 is 0.962 bits per heavy atom. The summed E-state index contributed by atoms with van der Waals surface area (Å²) in [4.78, 5) is 0.187. The highest BCUT2D eigenvalue weighted by Crippen LogP contribution is 2.22. The molecule has 1 saturated heterocycles. The van der Waals surface area contributed by atoms with E-state index < -0.39 is 20.0 Å². The van der Waals surface area contributed by atoms with E-state index in [9.17, 15) is 16.8 Å². The topological polar surface area (TPSA) is 92.8 Å². The first-order valence-corrected chi connectivity index (χ1v) is 12.0. The van der Waals surface area contributed by atoms with Gasteiger partial charge in [-0.2, -0.15) is 4.31 Å². The molecule has 2 rings (SSSR count). The number of nitrogens with zero attached hydrogens (tertiary/aromatic N) is 1. The van der Waals surface area contributed by atoms with Gasteiger partial charge in [-0.3, -0.25) is 0 Å². The summed E-state index contributed by atoms with van der Waals surface area (Å²) in [5.74, 6) is 0. The van der Waals surface area contributed by atoms with Gasteiger partial charge in [0, 0.05) is 32.8 Å². The maximum atomic E-state index is 12.5. The van der Waals surface area contributed by atoms with Crippen LogP contribution in [-0.4, -0.2) is 54.0 Å². The molecule has 1 aromatic rings. The summed E-state index contributed by atoms with van der Waals surface area (Å²) in [5.41, 5.74) is 0. The molecule has 0 amide bonds. The molecule has 0 atom stereocenters. The minimum Gasteiger partial charge on any atom is -0.381 e. The van der Waals surface area contributed by atoms with Gasteiger partial charge in [0.1, 0.15) is 0 Å². The van der Waals surface area contributed by atoms with Crippen LogP contribution in [-0.2, 0) is 24.8 Å². The van der Waals surface area contributed by atoms with Crippen molar-refractivity contribution in [2.24, 2.45) is 0 Å². The molecule has 0 radical (unpaired) electrons. The van der Waals surface area contributed by atoms with Crippen molar-refractivity contribution in [2.75, 3.05) is 32.8 Å². The highest BCUT2D eigenvalue weighted by molar-refractivity contribution is 7.89. The second-order valence-corrected chi connectivity index (χ2v) is 10.0. The average Bonchev–Trinajstić information content (AvgIpc) is 3.16. The number of nitrogens with one attached hydrogen (secondary N) is 1. The molecule has 1 aromatic carbocycles. The van der Waals surface area contributed by atoms with E-state index in [1.807, 2.05) is 0 Å². The van der Waals surface area contributed by atoms with Crippen LogP contribution in [0.4, 0.5) is 0 Å². The molecule has 0 bridgehead atoms. The molecule has 9 heteroatoms. The van der Waals surface area contributed by atoms with Crippen LogP contribution in [0.2, 0.25) is 0 Å². The summed E-state index contributed by atoms with van der Waals surface area (Å²) in [7, 11) is -7.18. The van der Waals surface area contributed by atoms with Crippen molar-refractivity contribution in [1.29, 1.82) is 0 Å². The largest absolute Gasteiger partial charge is 0.381 e. The zero-order valence-corrected chi connectivity index (χ0v) is 16.8. The van der Waals surface area contributed by atoms with Crippen LogP contribution in [0.15, 0.2) is 34.1 Å². The molecule has 0 saturated carbocycles. The zero-order chi connectivity index (χ0) is 19.0. The average molecular weight is 405 g/mol. The fourth-order valence-electron chi connectivity index (χ4n) is 2.68. The Labute approximate surface area is 156 Å². The number of benzene rings is 1. The first-order valence-electron chi connectivity index (χ1n) is 9.05. The van der Waals surface area contributed by atoms with Crippen LogP contribution in [0.3, 0.4) is 0 Å². The third kappa shape index (κ3) is 5.75. The van der Waals surface area contributed by atoms with Gasteiger partial charge in [-0.15, -0.1) is 0 Å². The molecule has 148 valence electrons. The zero-order valence-electron chi connectivity index (χ0n) is 15.2. The van der Waals surface area contributed by atoms with Gasteiger partial charge in [0.2, 0.25) is 20.0 Å². The predicted molar refractivity (Wildman–Crippen MR) is 100.0 cm³/mol. The van der Waals surface area contributed by atoms with Crippen molar-refractivity contribution in [3.05, 3.63) is 24.3 Å². The Morgan fingerprint density at radius 3 is 2.15 bits per heavy atom. The summed E-state index contributed by atoms with van der Waals surface area (Å²) in [6, 6.07) is 5.39. The van der Waals surface area contributed by atoms with Gasteiger partial charge in [-0.1, -0.05) is 13.3 Å². The molecule has 7 nitrogen and oxygen atoms in total. The molecule has 0 unspecified atom stereocenters. The lowest BCUT2D eigenvalue weighted by Gasteiger charge is -2.15. The number of unbranched alkanes of at least 4 members (excludes halogenated alkanes) is 1. The lowest BCUT2D eigenvalue weighted by molar-refractivity contribution is 0.130. The Hall–Kier alpha value is -1.00. The normalized spacial score (nSPS) is 16.2. The number of ether oxygens (including phenoxy) is 1. The van der Waals surface area contributed by atoms with E-state index >= 15 is 0 Å². The Bertz CT molecular complexity index is 755. The fourth-order valence-corrected chi connectivity index (χ4v) is 5.27. The monoisotopic (exact) mass is 404 g/mol. The van der Waals surface area contributed by atoms with E-state index in [1.165, 1.54) is 28.6 Å². The van der Waals surface area contributed by atoms with Crippen LogP contribution in [0.25, 0.3) is 0 Å². The quantitative estimate of drug-likeness (QED) is 0.569. The van der Waals surface area contributed by atoms with E-state index in [0.717, 1.165) is 25.7 Å². The molecular formula is C17H28N2O5S2. The number of hydrogen-bond acceptors (Lipinski definition) is 5. The van der Waals surface area contributed by atoms with E-state index in [2.05, 4.69) is 11.6 Å². The Kier molecular flexibility index (Phi) is 8.03. The molecule has 1 aliphatic rings.